The fourth-order valence-corrected chi connectivity index (χ4v) is 5.91. The first-order chi connectivity index (χ1) is 12.1. The quantitative estimate of drug-likeness (QED) is 0.393. The molecule has 1 fully saturated rings. The van der Waals surface area contributed by atoms with Crippen LogP contribution in [0.3, 0.4) is 0 Å². The summed E-state index contributed by atoms with van der Waals surface area (Å²) in [5.41, 5.74) is 0.190. The molecule has 3 atom stereocenters. The van der Waals surface area contributed by atoms with Crippen LogP contribution >= 0.6 is 11.3 Å². The Bertz CT molecular complexity index is 1100. The maximum absolute atomic E-state index is 12.2. The zero-order valence-electron chi connectivity index (χ0n) is 14.7. The third-order valence-corrected chi connectivity index (χ3v) is 7.05. The number of carboxylic acids is 1. The summed E-state index contributed by atoms with van der Waals surface area (Å²) in [6.45, 7) is 1.50. The number of rotatable bonds is 4. The Hall–Kier alpha value is -1.24. The fourth-order valence-electron chi connectivity index (χ4n) is 3.65. The Balaban J connectivity index is 0.00000210. The van der Waals surface area contributed by atoms with Crippen molar-refractivity contribution in [2.75, 3.05) is 6.26 Å². The Kier molecular flexibility index (Phi) is 5.07. The minimum atomic E-state index is -3.53. The molecular weight excluding hydrogens is 405 g/mol. The van der Waals surface area contributed by atoms with Gasteiger partial charge in [0.15, 0.2) is 14.9 Å². The summed E-state index contributed by atoms with van der Waals surface area (Å²) in [4.78, 5) is 29.8. The number of carbonyl (C=O) groups excluding carboxylic acids is 2. The van der Waals surface area contributed by atoms with Gasteiger partial charge < -0.3 is 19.9 Å². The molecule has 0 saturated carbocycles. The van der Waals surface area contributed by atoms with E-state index in [1.165, 1.54) is 17.7 Å². The average molecular weight is 419 g/mol. The smallest absolute Gasteiger partial charge is 0.543 e. The molecule has 27 heavy (non-hydrogen) atoms. The van der Waals surface area contributed by atoms with Gasteiger partial charge in [0.05, 0.1) is 34.6 Å². The van der Waals surface area contributed by atoms with E-state index in [0.717, 1.165) is 22.5 Å². The van der Waals surface area contributed by atoms with Gasteiger partial charge in [-0.25, -0.2) is 13.4 Å². The number of carbonyl (C=O) groups is 2. The molecule has 138 valence electrons. The molecule has 0 aromatic carbocycles. The van der Waals surface area contributed by atoms with Crippen LogP contribution in [0.1, 0.15) is 18.2 Å². The van der Waals surface area contributed by atoms with E-state index in [4.69, 9.17) is 0 Å². The molecule has 9 nitrogen and oxygen atoms in total. The first-order valence-electron chi connectivity index (χ1n) is 7.73. The van der Waals surface area contributed by atoms with Crippen molar-refractivity contribution in [3.05, 3.63) is 23.1 Å². The average Bonchev–Trinajstić information content (AvgIpc) is 3.14. The summed E-state index contributed by atoms with van der Waals surface area (Å²) in [5.74, 6) is -2.57. The molecule has 4 rings (SSSR count). The van der Waals surface area contributed by atoms with Crippen molar-refractivity contribution < 1.29 is 57.8 Å². The number of hydrogen-bond donors (Lipinski definition) is 1. The number of aromatic nitrogens is 2. The maximum atomic E-state index is 12.2. The van der Waals surface area contributed by atoms with Crippen molar-refractivity contribution in [3.8, 4) is 0 Å². The van der Waals surface area contributed by atoms with E-state index >= 15 is 0 Å². The van der Waals surface area contributed by atoms with Crippen LogP contribution in [0, 0.1) is 5.92 Å². The topological polar surface area (TPSA) is 132 Å². The van der Waals surface area contributed by atoms with Gasteiger partial charge in [-0.15, -0.1) is 11.3 Å². The molecule has 0 spiro atoms. The number of amides is 1. The molecule has 0 unspecified atom stereocenters. The van der Waals surface area contributed by atoms with Crippen LogP contribution in [0.4, 0.5) is 0 Å². The monoisotopic (exact) mass is 419 g/mol. The number of carboxylic acid groups (broad SMARTS) is 1. The molecule has 2 aliphatic heterocycles. The molecule has 1 saturated heterocycles. The molecule has 0 radical (unpaired) electrons. The van der Waals surface area contributed by atoms with Crippen molar-refractivity contribution >= 4 is 43.5 Å². The van der Waals surface area contributed by atoms with E-state index in [0.29, 0.717) is 15.3 Å². The summed E-state index contributed by atoms with van der Waals surface area (Å²) >= 11 is 1.09. The number of imidazole rings is 1. The van der Waals surface area contributed by atoms with Crippen LogP contribution in [0.2, 0.25) is 0 Å². The van der Waals surface area contributed by atoms with Gasteiger partial charge in [0.1, 0.15) is 11.2 Å². The third kappa shape index (κ3) is 2.97. The summed E-state index contributed by atoms with van der Waals surface area (Å²) < 4.78 is 25.2. The fraction of sp³-hybridized carbons (Fsp3) is 0.400. The summed E-state index contributed by atoms with van der Waals surface area (Å²) in [6.07, 6.45) is 3.36. The van der Waals surface area contributed by atoms with E-state index in [1.54, 1.807) is 6.20 Å². The number of sulfone groups is 1. The first-order valence-corrected chi connectivity index (χ1v) is 10.4. The SMILES string of the molecule is C[C@@H](O)[C@H]1C(=O)N2C(C(=O)[O-])=C(c3cn4cnc(S(C)(=O)=O)c4s3)C[C@H]12.[Na+]. The number of thiazole rings is 1. The number of fused-ring (bicyclic) bond motifs is 2. The molecule has 12 heteroatoms. The van der Waals surface area contributed by atoms with Gasteiger partial charge in [0.2, 0.25) is 5.91 Å². The minimum Gasteiger partial charge on any atom is -0.543 e. The standard InChI is InChI=1S/C15H15N3O6S2.Na/c1-6(19)10-8-3-7(11(15(21)22)18(8)13(10)20)9-4-17-5-16-12(14(17)25-9)26(2,23)24;/h4-6,8,10,19H,3H2,1-2H3,(H,21,22);/q;+1/p-1/t6-,8-,10-;/m1./s1. The third-order valence-electron chi connectivity index (χ3n) is 4.75. The molecular formula is C15H14N3NaO6S2. The van der Waals surface area contributed by atoms with Crippen molar-refractivity contribution in [1.82, 2.24) is 14.3 Å². The van der Waals surface area contributed by atoms with E-state index in [2.05, 4.69) is 4.98 Å². The molecule has 2 aromatic rings. The predicted molar refractivity (Wildman–Crippen MR) is 88.5 cm³/mol. The van der Waals surface area contributed by atoms with Crippen molar-refractivity contribution in [2.24, 2.45) is 5.92 Å². The number of aliphatic hydroxyl groups is 1. The van der Waals surface area contributed by atoms with Crippen molar-refractivity contribution in [2.45, 2.75) is 30.5 Å². The summed E-state index contributed by atoms with van der Waals surface area (Å²) in [5, 5.41) is 21.3. The van der Waals surface area contributed by atoms with Crippen molar-refractivity contribution in [1.29, 1.82) is 0 Å². The maximum Gasteiger partial charge on any atom is 1.00 e. The zero-order chi connectivity index (χ0) is 19.0. The van der Waals surface area contributed by atoms with Gasteiger partial charge >= 0.3 is 29.6 Å². The summed E-state index contributed by atoms with van der Waals surface area (Å²) in [6, 6.07) is -0.431. The number of hydrogen-bond acceptors (Lipinski definition) is 8. The van der Waals surface area contributed by atoms with Crippen molar-refractivity contribution in [3.63, 3.8) is 0 Å². The van der Waals surface area contributed by atoms with E-state index in [9.17, 15) is 28.2 Å². The predicted octanol–water partition coefficient (Wildman–Crippen LogP) is -4.12. The molecule has 2 aromatic heterocycles. The second-order valence-electron chi connectivity index (χ2n) is 6.49. The largest absolute Gasteiger partial charge is 1.00 e. The molecule has 2 aliphatic rings. The number of nitrogens with zero attached hydrogens (tertiary/aromatic N) is 3. The van der Waals surface area contributed by atoms with E-state index < -0.39 is 39.8 Å². The minimum absolute atomic E-state index is 0. The normalized spacial score (nSPS) is 23.2. The Morgan fingerprint density at radius 1 is 1.48 bits per heavy atom. The second kappa shape index (κ2) is 6.68. The molecule has 1 amide bonds. The summed E-state index contributed by atoms with van der Waals surface area (Å²) in [7, 11) is -3.53. The van der Waals surface area contributed by atoms with Crippen LogP contribution in [-0.4, -0.2) is 58.1 Å². The second-order valence-corrected chi connectivity index (χ2v) is 9.45. The van der Waals surface area contributed by atoms with Gasteiger partial charge in [-0.05, 0) is 18.9 Å². The van der Waals surface area contributed by atoms with Crippen LogP contribution in [-0.2, 0) is 19.4 Å². The van der Waals surface area contributed by atoms with E-state index in [1.807, 2.05) is 0 Å². The van der Waals surface area contributed by atoms with Crippen LogP contribution in [0.5, 0.6) is 0 Å². The van der Waals surface area contributed by atoms with Gasteiger partial charge in [-0.3, -0.25) is 9.20 Å². The van der Waals surface area contributed by atoms with Gasteiger partial charge in [0, 0.05) is 12.5 Å². The van der Waals surface area contributed by atoms with E-state index in [-0.39, 0.29) is 46.7 Å². The number of aliphatic hydroxyl groups excluding tert-OH is 1. The van der Waals surface area contributed by atoms with Crippen LogP contribution < -0.4 is 34.7 Å². The zero-order valence-corrected chi connectivity index (χ0v) is 18.4. The molecule has 0 aliphatic carbocycles. The molecule has 4 heterocycles. The van der Waals surface area contributed by atoms with Gasteiger partial charge in [0.25, 0.3) is 0 Å². The number of aliphatic carboxylic acids is 1. The Labute approximate surface area is 180 Å². The van der Waals surface area contributed by atoms with Gasteiger partial charge in [-0.1, -0.05) is 0 Å². The van der Waals surface area contributed by atoms with Gasteiger partial charge in [-0.2, -0.15) is 0 Å². The molecule has 1 N–H and O–H groups in total. The first kappa shape index (κ1) is 20.5. The van der Waals surface area contributed by atoms with Crippen LogP contribution in [0.15, 0.2) is 23.2 Å². The Morgan fingerprint density at radius 3 is 2.70 bits per heavy atom. The van der Waals surface area contributed by atoms with Crippen LogP contribution in [0.25, 0.3) is 10.4 Å². The Morgan fingerprint density at radius 2 is 2.15 bits per heavy atom. The number of β-lactam (4-membered cyclic amide) rings is 1. The molecule has 0 bridgehead atoms.